The Hall–Kier alpha value is -4.74. The van der Waals surface area contributed by atoms with Crippen LogP contribution in [0.4, 0.5) is 5.00 Å². The maximum Gasteiger partial charge on any atom is 0.394 e. The van der Waals surface area contributed by atoms with Gasteiger partial charge in [0.2, 0.25) is 0 Å². The lowest BCUT2D eigenvalue weighted by atomic mass is 9.96. The van der Waals surface area contributed by atoms with Crippen molar-refractivity contribution in [3.05, 3.63) is 93.9 Å². The van der Waals surface area contributed by atoms with Crippen LogP contribution in [0.1, 0.15) is 42.8 Å². The van der Waals surface area contributed by atoms with Gasteiger partial charge in [-0.1, -0.05) is 48.5 Å². The summed E-state index contributed by atoms with van der Waals surface area (Å²) in [6, 6.07) is 20.3. The fourth-order valence-corrected chi connectivity index (χ4v) is 6.50. The Morgan fingerprint density at radius 3 is 2.44 bits per heavy atom. The van der Waals surface area contributed by atoms with E-state index >= 15 is 0 Å². The first-order chi connectivity index (χ1) is 19.8. The number of carbonyl (C=O) groups is 4. The summed E-state index contributed by atoms with van der Waals surface area (Å²) in [5.74, 6) is -3.84. The van der Waals surface area contributed by atoms with Gasteiger partial charge in [-0.05, 0) is 46.5 Å². The molecule has 1 aliphatic heterocycles. The Balaban J connectivity index is 1.49. The number of carboxylic acid groups (broad SMARTS) is 2. The van der Waals surface area contributed by atoms with Gasteiger partial charge in [0.05, 0.1) is 18.7 Å². The summed E-state index contributed by atoms with van der Waals surface area (Å²) in [6.45, 7) is 1.16. The van der Waals surface area contributed by atoms with Crippen molar-refractivity contribution in [3.63, 3.8) is 0 Å². The van der Waals surface area contributed by atoms with Gasteiger partial charge in [-0.25, -0.2) is 9.59 Å². The van der Waals surface area contributed by atoms with Crippen LogP contribution in [0.5, 0.6) is 5.75 Å². The van der Waals surface area contributed by atoms with E-state index in [-0.39, 0.29) is 23.0 Å². The second-order valence-corrected chi connectivity index (χ2v) is 10.6. The molecule has 0 bridgehead atoms. The highest BCUT2D eigenvalue weighted by atomic mass is 32.1. The number of carboxylic acids is 2. The van der Waals surface area contributed by atoms with Crippen molar-refractivity contribution in [2.24, 2.45) is 0 Å². The lowest BCUT2D eigenvalue weighted by Gasteiger charge is -2.36. The molecule has 2 heterocycles. The molecule has 5 rings (SSSR count). The van der Waals surface area contributed by atoms with E-state index in [1.807, 2.05) is 60.7 Å². The van der Waals surface area contributed by atoms with Gasteiger partial charge in [0, 0.05) is 30.1 Å². The van der Waals surface area contributed by atoms with Gasteiger partial charge in [0.25, 0.3) is 5.91 Å². The number of methoxy groups -OCH3 is 1. The summed E-state index contributed by atoms with van der Waals surface area (Å²) in [5.41, 5.74) is 1.93. The molecule has 1 atom stereocenters. The Morgan fingerprint density at radius 2 is 1.73 bits per heavy atom. The molecule has 1 aromatic heterocycles. The van der Waals surface area contributed by atoms with Crippen molar-refractivity contribution in [3.8, 4) is 5.75 Å². The molecule has 0 fully saturated rings. The summed E-state index contributed by atoms with van der Waals surface area (Å²) < 4.78 is 5.26. The van der Waals surface area contributed by atoms with Gasteiger partial charge in [-0.3, -0.25) is 14.5 Å². The zero-order valence-corrected chi connectivity index (χ0v) is 22.9. The van der Waals surface area contributed by atoms with E-state index in [4.69, 9.17) is 9.84 Å². The Morgan fingerprint density at radius 1 is 1.00 bits per heavy atom. The number of rotatable bonds is 8. The van der Waals surface area contributed by atoms with Crippen LogP contribution >= 0.6 is 11.3 Å². The van der Waals surface area contributed by atoms with Crippen molar-refractivity contribution in [1.29, 1.82) is 0 Å². The molecule has 11 heteroatoms. The minimum absolute atomic E-state index is 0.0356. The fraction of sp³-hybridized carbons (Fsp3) is 0.200. The first kappa shape index (κ1) is 27.8. The smallest absolute Gasteiger partial charge is 0.394 e. The predicted molar refractivity (Wildman–Crippen MR) is 154 cm³/mol. The maximum atomic E-state index is 13.4. The summed E-state index contributed by atoms with van der Waals surface area (Å²) in [7, 11) is 1.59. The third-order valence-electron chi connectivity index (χ3n) is 7.10. The lowest BCUT2D eigenvalue weighted by molar-refractivity contribution is -0.147. The fourth-order valence-electron chi connectivity index (χ4n) is 5.13. The largest absolute Gasteiger partial charge is 0.497 e. The summed E-state index contributed by atoms with van der Waals surface area (Å²) in [4.78, 5) is 51.5. The predicted octanol–water partition coefficient (Wildman–Crippen LogP) is 4.16. The van der Waals surface area contributed by atoms with Gasteiger partial charge < -0.3 is 25.6 Å². The molecule has 0 radical (unpaired) electrons. The molecule has 0 spiro atoms. The zero-order chi connectivity index (χ0) is 29.1. The number of aliphatic carboxylic acids is 1. The monoisotopic (exact) mass is 573 g/mol. The van der Waals surface area contributed by atoms with Gasteiger partial charge >= 0.3 is 17.8 Å². The number of benzene rings is 3. The first-order valence-electron chi connectivity index (χ1n) is 12.8. The topological polar surface area (TPSA) is 145 Å². The molecular formula is C30H27N3O7S. The molecule has 2 amide bonds. The number of ether oxygens (including phenoxy) is 1. The van der Waals surface area contributed by atoms with E-state index in [0.717, 1.165) is 33.4 Å². The van der Waals surface area contributed by atoms with E-state index in [0.29, 0.717) is 35.5 Å². The van der Waals surface area contributed by atoms with Crippen LogP contribution in [-0.2, 0) is 22.6 Å². The molecule has 1 unspecified atom stereocenters. The summed E-state index contributed by atoms with van der Waals surface area (Å²) in [6.07, 6.45) is 0.375. The number of fused-ring (bicyclic) bond motifs is 2. The van der Waals surface area contributed by atoms with Gasteiger partial charge in [0.15, 0.2) is 0 Å². The molecule has 0 saturated carbocycles. The molecule has 210 valence electrons. The first-order valence-corrected chi connectivity index (χ1v) is 13.6. The second-order valence-electron chi connectivity index (χ2n) is 9.53. The molecule has 4 aromatic rings. The van der Waals surface area contributed by atoms with E-state index in [2.05, 4.69) is 15.5 Å². The number of carbonyl (C=O) groups excluding carboxylic acids is 2. The highest BCUT2D eigenvalue weighted by Gasteiger charge is 2.35. The third kappa shape index (κ3) is 5.76. The summed E-state index contributed by atoms with van der Waals surface area (Å²) in [5, 5.41) is 26.0. The Kier molecular flexibility index (Phi) is 7.99. The van der Waals surface area contributed by atoms with Crippen molar-refractivity contribution >= 4 is 50.9 Å². The van der Waals surface area contributed by atoms with E-state index < -0.39 is 23.9 Å². The molecular weight excluding hydrogens is 546 g/mol. The number of anilines is 1. The van der Waals surface area contributed by atoms with Crippen molar-refractivity contribution in [1.82, 2.24) is 10.2 Å². The minimum atomic E-state index is -1.72. The minimum Gasteiger partial charge on any atom is -0.497 e. The molecule has 4 N–H and O–H groups in total. The molecule has 1 aliphatic rings. The number of thiophene rings is 1. The van der Waals surface area contributed by atoms with Crippen LogP contribution in [-0.4, -0.2) is 59.1 Å². The second kappa shape index (κ2) is 11.8. The van der Waals surface area contributed by atoms with Crippen LogP contribution in [0.25, 0.3) is 10.8 Å². The Bertz CT molecular complexity index is 1640. The van der Waals surface area contributed by atoms with Crippen LogP contribution in [0, 0.1) is 0 Å². The highest BCUT2D eigenvalue weighted by molar-refractivity contribution is 7.17. The maximum absolute atomic E-state index is 13.4. The van der Waals surface area contributed by atoms with Crippen LogP contribution in [0.3, 0.4) is 0 Å². The van der Waals surface area contributed by atoms with Crippen molar-refractivity contribution in [2.75, 3.05) is 25.5 Å². The quantitative estimate of drug-likeness (QED) is 0.230. The van der Waals surface area contributed by atoms with Crippen LogP contribution in [0.2, 0.25) is 0 Å². The molecule has 0 saturated heterocycles. The average molecular weight is 574 g/mol. The third-order valence-corrected chi connectivity index (χ3v) is 8.35. The number of nitrogens with one attached hydrogen (secondary N) is 2. The molecule has 3 aromatic carbocycles. The number of aromatic carboxylic acids is 1. The average Bonchev–Trinajstić information content (AvgIpc) is 3.34. The number of nitrogens with zero attached hydrogens (tertiary/aromatic N) is 1. The van der Waals surface area contributed by atoms with Gasteiger partial charge in [-0.15, -0.1) is 11.3 Å². The number of hydrogen-bond acceptors (Lipinski definition) is 7. The van der Waals surface area contributed by atoms with Crippen LogP contribution in [0.15, 0.2) is 66.7 Å². The van der Waals surface area contributed by atoms with E-state index in [1.54, 1.807) is 13.2 Å². The van der Waals surface area contributed by atoms with E-state index in [1.165, 1.54) is 0 Å². The lowest BCUT2D eigenvalue weighted by Crippen LogP contribution is -2.41. The van der Waals surface area contributed by atoms with Crippen molar-refractivity contribution in [2.45, 2.75) is 19.0 Å². The SMILES string of the molecule is COc1ccc(CN2CCc3c(sc(NC(=O)C(=O)O)c3C(=O)O)C2CNC(=O)c2cccc3ccccc23)cc1. The molecule has 10 nitrogen and oxygen atoms in total. The molecule has 0 aliphatic carbocycles. The summed E-state index contributed by atoms with van der Waals surface area (Å²) >= 11 is 1.03. The highest BCUT2D eigenvalue weighted by Crippen LogP contribution is 2.43. The van der Waals surface area contributed by atoms with Crippen molar-refractivity contribution < 1.29 is 34.1 Å². The molecule has 41 heavy (non-hydrogen) atoms. The van der Waals surface area contributed by atoms with Gasteiger partial charge in [-0.2, -0.15) is 0 Å². The normalized spacial score (nSPS) is 14.7. The van der Waals surface area contributed by atoms with Crippen LogP contribution < -0.4 is 15.4 Å². The number of hydrogen-bond donors (Lipinski definition) is 4. The standard InChI is InChI=1S/C30H27N3O7S/c1-40-19-11-9-17(10-12-19)16-33-14-13-22-24(29(36)37)28(32-27(35)30(38)39)41-25(22)23(33)15-31-26(34)21-8-4-6-18-5-2-3-7-20(18)21/h2-12,23H,13-16H2,1H3,(H,31,34)(H,32,35)(H,36,37)(H,38,39). The van der Waals surface area contributed by atoms with E-state index in [9.17, 15) is 24.3 Å². The number of amides is 2. The Labute approximate surface area is 239 Å². The zero-order valence-electron chi connectivity index (χ0n) is 22.0. The van der Waals surface area contributed by atoms with Gasteiger partial charge in [0.1, 0.15) is 10.8 Å².